The molecule has 1 fully saturated rings. The van der Waals surface area contributed by atoms with E-state index < -0.39 is 0 Å². The van der Waals surface area contributed by atoms with Crippen LogP contribution in [0.4, 0.5) is 0 Å². The van der Waals surface area contributed by atoms with Gasteiger partial charge in [0.1, 0.15) is 0 Å². The van der Waals surface area contributed by atoms with Gasteiger partial charge in [-0.3, -0.25) is 11.3 Å². The SMILES string of the molecule is NNC(c1cccc2ccsc12)C1CCSC1. The van der Waals surface area contributed by atoms with Gasteiger partial charge in [-0.2, -0.15) is 11.8 Å². The van der Waals surface area contributed by atoms with Crippen LogP contribution in [0, 0.1) is 5.92 Å². The van der Waals surface area contributed by atoms with Crippen LogP contribution in [0.5, 0.6) is 0 Å². The Kier molecular flexibility index (Phi) is 3.38. The number of hydrogen-bond donors (Lipinski definition) is 2. The molecule has 2 aromatic rings. The Labute approximate surface area is 110 Å². The summed E-state index contributed by atoms with van der Waals surface area (Å²) in [5.41, 5.74) is 4.40. The molecule has 4 heteroatoms. The maximum atomic E-state index is 5.79. The molecule has 0 radical (unpaired) electrons. The quantitative estimate of drug-likeness (QED) is 0.660. The molecule has 2 unspecified atom stereocenters. The first-order chi connectivity index (χ1) is 8.40. The van der Waals surface area contributed by atoms with Crippen molar-refractivity contribution in [2.45, 2.75) is 12.5 Å². The van der Waals surface area contributed by atoms with E-state index in [1.807, 2.05) is 23.1 Å². The summed E-state index contributed by atoms with van der Waals surface area (Å²) in [5, 5.41) is 3.49. The molecule has 2 atom stereocenters. The molecule has 2 nitrogen and oxygen atoms in total. The molecular weight excluding hydrogens is 248 g/mol. The summed E-state index contributed by atoms with van der Waals surface area (Å²) >= 11 is 3.85. The molecular formula is C13H16N2S2. The third-order valence-electron chi connectivity index (χ3n) is 3.46. The Hall–Kier alpha value is -0.550. The standard InChI is InChI=1S/C13H16N2S2/c14-15-12(10-4-6-16-8-10)11-3-1-2-9-5-7-17-13(9)11/h1-3,5,7,10,12,15H,4,6,8,14H2. The number of fused-ring (bicyclic) bond motifs is 1. The molecule has 1 aromatic heterocycles. The number of rotatable bonds is 3. The Morgan fingerprint density at radius 1 is 1.35 bits per heavy atom. The highest BCUT2D eigenvalue weighted by molar-refractivity contribution is 7.99. The van der Waals surface area contributed by atoms with Crippen molar-refractivity contribution in [3.8, 4) is 0 Å². The van der Waals surface area contributed by atoms with Gasteiger partial charge in [0.15, 0.2) is 0 Å². The predicted octanol–water partition coefficient (Wildman–Crippen LogP) is 3.16. The monoisotopic (exact) mass is 264 g/mol. The minimum atomic E-state index is 0.298. The molecule has 0 spiro atoms. The van der Waals surface area contributed by atoms with Gasteiger partial charge in [0.25, 0.3) is 0 Å². The number of nitrogens with one attached hydrogen (secondary N) is 1. The molecule has 17 heavy (non-hydrogen) atoms. The number of benzene rings is 1. The van der Waals surface area contributed by atoms with Crippen molar-refractivity contribution in [2.75, 3.05) is 11.5 Å². The van der Waals surface area contributed by atoms with E-state index in [-0.39, 0.29) is 0 Å². The van der Waals surface area contributed by atoms with Crippen molar-refractivity contribution in [2.24, 2.45) is 11.8 Å². The lowest BCUT2D eigenvalue weighted by Crippen LogP contribution is -2.33. The topological polar surface area (TPSA) is 38.0 Å². The van der Waals surface area contributed by atoms with E-state index >= 15 is 0 Å². The zero-order valence-electron chi connectivity index (χ0n) is 9.56. The third-order valence-corrected chi connectivity index (χ3v) is 5.63. The number of thiophene rings is 1. The average molecular weight is 264 g/mol. The molecule has 0 aliphatic carbocycles. The van der Waals surface area contributed by atoms with Crippen molar-refractivity contribution in [3.63, 3.8) is 0 Å². The van der Waals surface area contributed by atoms with Gasteiger partial charge in [-0.1, -0.05) is 18.2 Å². The summed E-state index contributed by atoms with van der Waals surface area (Å²) in [6.45, 7) is 0. The highest BCUT2D eigenvalue weighted by Gasteiger charge is 2.27. The zero-order chi connectivity index (χ0) is 11.7. The molecule has 0 saturated carbocycles. The Morgan fingerprint density at radius 2 is 2.29 bits per heavy atom. The summed E-state index contributed by atoms with van der Waals surface area (Å²) in [4.78, 5) is 0. The zero-order valence-corrected chi connectivity index (χ0v) is 11.2. The van der Waals surface area contributed by atoms with Crippen LogP contribution in [0.15, 0.2) is 29.6 Å². The van der Waals surface area contributed by atoms with Crippen LogP contribution >= 0.6 is 23.1 Å². The Morgan fingerprint density at radius 3 is 3.06 bits per heavy atom. The second-order valence-electron chi connectivity index (χ2n) is 4.45. The van der Waals surface area contributed by atoms with Gasteiger partial charge in [-0.25, -0.2) is 0 Å². The second-order valence-corrected chi connectivity index (χ2v) is 6.52. The normalized spacial score (nSPS) is 22.1. The lowest BCUT2D eigenvalue weighted by molar-refractivity contribution is 0.403. The lowest BCUT2D eigenvalue weighted by atomic mass is 9.92. The molecule has 1 aliphatic rings. The molecule has 3 rings (SSSR count). The van der Waals surface area contributed by atoms with Crippen molar-refractivity contribution < 1.29 is 0 Å². The first-order valence-corrected chi connectivity index (χ1v) is 7.93. The number of thioether (sulfide) groups is 1. The van der Waals surface area contributed by atoms with E-state index in [0.29, 0.717) is 12.0 Å². The van der Waals surface area contributed by atoms with Gasteiger partial charge in [0.05, 0.1) is 6.04 Å². The van der Waals surface area contributed by atoms with E-state index in [1.54, 1.807) is 0 Å². The highest BCUT2D eigenvalue weighted by Crippen LogP contribution is 2.37. The number of hydrazine groups is 1. The van der Waals surface area contributed by atoms with Crippen LogP contribution in [0.3, 0.4) is 0 Å². The largest absolute Gasteiger partial charge is 0.271 e. The van der Waals surface area contributed by atoms with E-state index in [0.717, 1.165) is 0 Å². The third kappa shape index (κ3) is 2.10. The Balaban J connectivity index is 2.02. The van der Waals surface area contributed by atoms with Crippen LogP contribution in [-0.2, 0) is 0 Å². The molecule has 0 amide bonds. The fraction of sp³-hybridized carbons (Fsp3) is 0.385. The second kappa shape index (κ2) is 4.98. The van der Waals surface area contributed by atoms with Crippen molar-refractivity contribution in [3.05, 3.63) is 35.2 Å². The Bertz CT molecular complexity index is 503. The smallest absolute Gasteiger partial charge is 0.0510 e. The number of hydrogen-bond acceptors (Lipinski definition) is 4. The van der Waals surface area contributed by atoms with Crippen molar-refractivity contribution in [1.82, 2.24) is 5.43 Å². The van der Waals surface area contributed by atoms with Gasteiger partial charge in [0, 0.05) is 4.70 Å². The minimum absolute atomic E-state index is 0.298. The van der Waals surface area contributed by atoms with Gasteiger partial charge in [-0.15, -0.1) is 11.3 Å². The lowest BCUT2D eigenvalue weighted by Gasteiger charge is -2.23. The first kappa shape index (κ1) is 11.5. The minimum Gasteiger partial charge on any atom is -0.271 e. The van der Waals surface area contributed by atoms with Gasteiger partial charge in [0.2, 0.25) is 0 Å². The van der Waals surface area contributed by atoms with E-state index in [2.05, 4.69) is 35.1 Å². The van der Waals surface area contributed by atoms with Crippen molar-refractivity contribution >= 4 is 33.2 Å². The molecule has 90 valence electrons. The van der Waals surface area contributed by atoms with Crippen LogP contribution in [0.1, 0.15) is 18.0 Å². The van der Waals surface area contributed by atoms with Crippen LogP contribution in [-0.4, -0.2) is 11.5 Å². The molecule has 1 saturated heterocycles. The summed E-state index contributed by atoms with van der Waals surface area (Å²) in [6, 6.07) is 9.00. The maximum absolute atomic E-state index is 5.79. The van der Waals surface area contributed by atoms with Gasteiger partial charge in [-0.05, 0) is 46.2 Å². The summed E-state index contributed by atoms with van der Waals surface area (Å²) < 4.78 is 1.38. The van der Waals surface area contributed by atoms with Gasteiger partial charge >= 0.3 is 0 Å². The van der Waals surface area contributed by atoms with Crippen LogP contribution < -0.4 is 11.3 Å². The number of nitrogens with two attached hydrogens (primary N) is 1. The van der Waals surface area contributed by atoms with Crippen LogP contribution in [0.2, 0.25) is 0 Å². The van der Waals surface area contributed by atoms with Gasteiger partial charge < -0.3 is 0 Å². The molecule has 3 N–H and O–H groups in total. The van der Waals surface area contributed by atoms with E-state index in [9.17, 15) is 0 Å². The fourth-order valence-electron chi connectivity index (χ4n) is 2.56. The molecule has 1 aliphatic heterocycles. The first-order valence-electron chi connectivity index (χ1n) is 5.90. The van der Waals surface area contributed by atoms with E-state index in [1.165, 1.54) is 33.6 Å². The predicted molar refractivity (Wildman–Crippen MR) is 77.3 cm³/mol. The van der Waals surface area contributed by atoms with Crippen LogP contribution in [0.25, 0.3) is 10.1 Å². The maximum Gasteiger partial charge on any atom is 0.0510 e. The molecule has 2 heterocycles. The average Bonchev–Trinajstić information content (AvgIpc) is 3.00. The summed E-state index contributed by atoms with van der Waals surface area (Å²) in [5.74, 6) is 8.94. The summed E-state index contributed by atoms with van der Waals surface area (Å²) in [6.07, 6.45) is 1.27. The fourth-order valence-corrected chi connectivity index (χ4v) is 4.81. The molecule has 1 aromatic carbocycles. The molecule has 0 bridgehead atoms. The van der Waals surface area contributed by atoms with Crippen molar-refractivity contribution in [1.29, 1.82) is 0 Å². The summed E-state index contributed by atoms with van der Waals surface area (Å²) in [7, 11) is 0. The highest BCUT2D eigenvalue weighted by atomic mass is 32.2. The van der Waals surface area contributed by atoms with E-state index in [4.69, 9.17) is 5.84 Å².